The van der Waals surface area contributed by atoms with Crippen molar-refractivity contribution < 1.29 is 33.4 Å². The lowest BCUT2D eigenvalue weighted by Gasteiger charge is -2.15. The molecule has 0 amide bonds. The van der Waals surface area contributed by atoms with Crippen LogP contribution in [-0.2, 0) is 6.18 Å². The minimum Gasteiger partial charge on any atom is -0.508 e. The normalized spacial score (nSPS) is 11.7. The lowest BCUT2D eigenvalue weighted by atomic mass is 10.1. The van der Waals surface area contributed by atoms with E-state index in [1.165, 1.54) is 7.05 Å². The first-order valence-electron chi connectivity index (χ1n) is 6.89. The molecule has 0 unspecified atom stereocenters. The third kappa shape index (κ3) is 3.94. The molecule has 0 heterocycles. The molecule has 0 aliphatic carbocycles. The van der Waals surface area contributed by atoms with Gasteiger partial charge in [0.2, 0.25) is 0 Å². The van der Waals surface area contributed by atoms with E-state index in [4.69, 9.17) is 0 Å². The summed E-state index contributed by atoms with van der Waals surface area (Å²) >= 11 is 0. The second kappa shape index (κ2) is 6.78. The fourth-order valence-corrected chi connectivity index (χ4v) is 2.07. The minimum absolute atomic E-state index is 0.191. The van der Waals surface area contributed by atoms with Crippen molar-refractivity contribution in [3.05, 3.63) is 51.6 Å². The maximum atomic E-state index is 12.7. The van der Waals surface area contributed by atoms with E-state index in [2.05, 4.69) is 5.10 Å². The van der Waals surface area contributed by atoms with E-state index in [0.29, 0.717) is 12.1 Å². The van der Waals surface area contributed by atoms with Crippen LogP contribution >= 0.6 is 0 Å². The van der Waals surface area contributed by atoms with Crippen LogP contribution in [0.4, 0.5) is 24.5 Å². The van der Waals surface area contributed by atoms with Crippen molar-refractivity contribution in [3.63, 3.8) is 0 Å². The first-order chi connectivity index (χ1) is 12.0. The predicted molar refractivity (Wildman–Crippen MR) is 85.5 cm³/mol. The summed E-state index contributed by atoms with van der Waals surface area (Å²) in [4.78, 5) is 10.1. The number of aromatic hydroxyl groups is 3. The molecule has 0 aliphatic heterocycles. The van der Waals surface area contributed by atoms with Crippen molar-refractivity contribution in [3.8, 4) is 17.2 Å². The van der Waals surface area contributed by atoms with Gasteiger partial charge in [0.05, 0.1) is 22.3 Å². The van der Waals surface area contributed by atoms with Crippen LogP contribution < -0.4 is 5.01 Å². The van der Waals surface area contributed by atoms with Crippen molar-refractivity contribution >= 4 is 17.6 Å². The van der Waals surface area contributed by atoms with Crippen molar-refractivity contribution in [2.45, 2.75) is 6.18 Å². The van der Waals surface area contributed by atoms with Crippen LogP contribution in [0.1, 0.15) is 11.1 Å². The van der Waals surface area contributed by atoms with E-state index in [9.17, 15) is 38.6 Å². The molecule has 0 atom stereocenters. The Morgan fingerprint density at radius 3 is 2.23 bits per heavy atom. The molecule has 11 heteroatoms. The van der Waals surface area contributed by atoms with E-state index < -0.39 is 39.6 Å². The smallest absolute Gasteiger partial charge is 0.416 e. The highest BCUT2D eigenvalue weighted by Gasteiger charge is 2.33. The van der Waals surface area contributed by atoms with Gasteiger partial charge in [0, 0.05) is 25.2 Å². The average Bonchev–Trinajstić information content (AvgIpc) is 2.52. The summed E-state index contributed by atoms with van der Waals surface area (Å²) in [5.41, 5.74) is -2.43. The Morgan fingerprint density at radius 2 is 1.73 bits per heavy atom. The molecule has 26 heavy (non-hydrogen) atoms. The van der Waals surface area contributed by atoms with Gasteiger partial charge in [-0.05, 0) is 12.1 Å². The summed E-state index contributed by atoms with van der Waals surface area (Å²) in [5, 5.41) is 44.3. The number of nitrogens with zero attached hydrogens (tertiary/aromatic N) is 3. The molecule has 0 aromatic heterocycles. The van der Waals surface area contributed by atoms with Crippen LogP contribution in [-0.4, -0.2) is 33.5 Å². The third-order valence-electron chi connectivity index (χ3n) is 3.33. The number of hydrogen-bond donors (Lipinski definition) is 3. The predicted octanol–water partition coefficient (Wildman–Crippen LogP) is 3.20. The average molecular weight is 371 g/mol. The Labute approximate surface area is 144 Å². The number of alkyl halides is 3. The summed E-state index contributed by atoms with van der Waals surface area (Å²) in [6.45, 7) is 0. The maximum Gasteiger partial charge on any atom is 0.416 e. The highest BCUT2D eigenvalue weighted by atomic mass is 19.4. The standard InChI is InChI=1S/C15H12F3N3O5/c1-20(19-7-10-13(23)5-9(22)6-14(10)24)11-3-2-8(15(16,17)18)4-12(11)21(25)26/h2-7,22-24H,1H3. The summed E-state index contributed by atoms with van der Waals surface area (Å²) < 4.78 is 38.1. The molecule has 0 radical (unpaired) electrons. The van der Waals surface area contributed by atoms with Gasteiger partial charge in [0.1, 0.15) is 22.9 Å². The van der Waals surface area contributed by atoms with Crippen LogP contribution in [0, 0.1) is 10.1 Å². The largest absolute Gasteiger partial charge is 0.508 e. The van der Waals surface area contributed by atoms with Crippen LogP contribution in [0.3, 0.4) is 0 Å². The molecule has 8 nitrogen and oxygen atoms in total. The van der Waals surface area contributed by atoms with Crippen LogP contribution in [0.5, 0.6) is 17.2 Å². The van der Waals surface area contributed by atoms with Crippen molar-refractivity contribution in [2.24, 2.45) is 5.10 Å². The Morgan fingerprint density at radius 1 is 1.15 bits per heavy atom. The summed E-state index contributed by atoms with van der Waals surface area (Å²) in [6.07, 6.45) is -3.81. The van der Waals surface area contributed by atoms with Gasteiger partial charge in [-0.25, -0.2) is 0 Å². The van der Waals surface area contributed by atoms with E-state index in [1.54, 1.807) is 0 Å². The van der Waals surface area contributed by atoms with Gasteiger partial charge >= 0.3 is 6.18 Å². The Hall–Kier alpha value is -3.50. The van der Waals surface area contributed by atoms with Gasteiger partial charge in [-0.2, -0.15) is 18.3 Å². The number of anilines is 1. The minimum atomic E-state index is -4.74. The molecule has 138 valence electrons. The number of phenolic OH excluding ortho intramolecular Hbond substituents is 3. The van der Waals surface area contributed by atoms with E-state index in [-0.39, 0.29) is 11.3 Å². The number of rotatable bonds is 4. The number of halogens is 3. The molecule has 3 N–H and O–H groups in total. The first kappa shape index (κ1) is 18.8. The van der Waals surface area contributed by atoms with Gasteiger partial charge in [0.25, 0.3) is 5.69 Å². The molecule has 0 spiro atoms. The van der Waals surface area contributed by atoms with E-state index in [1.807, 2.05) is 0 Å². The quantitative estimate of drug-likeness (QED) is 0.431. The van der Waals surface area contributed by atoms with Crippen molar-refractivity contribution in [1.82, 2.24) is 0 Å². The van der Waals surface area contributed by atoms with Crippen molar-refractivity contribution in [2.75, 3.05) is 12.1 Å². The Balaban J connectivity index is 2.41. The van der Waals surface area contributed by atoms with Crippen LogP contribution in [0.25, 0.3) is 0 Å². The third-order valence-corrected chi connectivity index (χ3v) is 3.33. The number of nitro benzene ring substituents is 1. The van der Waals surface area contributed by atoms with E-state index in [0.717, 1.165) is 29.4 Å². The number of benzene rings is 2. The molecule has 2 aromatic rings. The molecule has 2 rings (SSSR count). The molecular weight excluding hydrogens is 359 g/mol. The highest BCUT2D eigenvalue weighted by Crippen LogP contribution is 2.36. The Bertz CT molecular complexity index is 860. The van der Waals surface area contributed by atoms with E-state index >= 15 is 0 Å². The fourth-order valence-electron chi connectivity index (χ4n) is 2.07. The number of hydrogen-bond acceptors (Lipinski definition) is 7. The number of nitro groups is 1. The van der Waals surface area contributed by atoms with Gasteiger partial charge in [-0.3, -0.25) is 15.1 Å². The zero-order chi connectivity index (χ0) is 19.6. The van der Waals surface area contributed by atoms with Gasteiger partial charge in [-0.15, -0.1) is 0 Å². The second-order valence-corrected chi connectivity index (χ2v) is 5.12. The monoisotopic (exact) mass is 371 g/mol. The maximum absolute atomic E-state index is 12.7. The lowest BCUT2D eigenvalue weighted by molar-refractivity contribution is -0.384. The van der Waals surface area contributed by atoms with Crippen molar-refractivity contribution in [1.29, 1.82) is 0 Å². The molecule has 0 saturated carbocycles. The zero-order valence-corrected chi connectivity index (χ0v) is 13.1. The van der Waals surface area contributed by atoms with Gasteiger partial charge in [0.15, 0.2) is 0 Å². The molecule has 0 saturated heterocycles. The zero-order valence-electron chi connectivity index (χ0n) is 13.1. The second-order valence-electron chi connectivity index (χ2n) is 5.12. The van der Waals surface area contributed by atoms with Crippen LogP contribution in [0.15, 0.2) is 35.4 Å². The number of hydrazone groups is 1. The Kier molecular flexibility index (Phi) is 4.91. The fraction of sp³-hybridized carbons (Fsp3) is 0.133. The molecule has 2 aromatic carbocycles. The first-order valence-corrected chi connectivity index (χ1v) is 6.89. The topological polar surface area (TPSA) is 119 Å². The number of phenols is 3. The van der Waals surface area contributed by atoms with Crippen LogP contribution in [0.2, 0.25) is 0 Å². The van der Waals surface area contributed by atoms with Gasteiger partial charge < -0.3 is 15.3 Å². The molecule has 0 aliphatic rings. The summed E-state index contributed by atoms with van der Waals surface area (Å²) in [7, 11) is 1.24. The van der Waals surface area contributed by atoms with Gasteiger partial charge in [-0.1, -0.05) is 0 Å². The molecular formula is C15H12F3N3O5. The highest BCUT2D eigenvalue weighted by molar-refractivity contribution is 5.88. The summed E-state index contributed by atoms with van der Waals surface area (Å²) in [6, 6.07) is 3.80. The summed E-state index contributed by atoms with van der Waals surface area (Å²) in [5.74, 6) is -1.42. The molecule has 0 bridgehead atoms. The SMILES string of the molecule is CN(N=Cc1c(O)cc(O)cc1O)c1ccc(C(F)(F)F)cc1[N+](=O)[O-]. The lowest BCUT2D eigenvalue weighted by Crippen LogP contribution is -2.13. The molecule has 0 fully saturated rings.